The van der Waals surface area contributed by atoms with Gasteiger partial charge in [-0.1, -0.05) is 23.7 Å². The zero-order chi connectivity index (χ0) is 19.2. The van der Waals surface area contributed by atoms with Gasteiger partial charge in [0.05, 0.1) is 6.54 Å². The smallest absolute Gasteiger partial charge is 0.250 e. The lowest BCUT2D eigenvalue weighted by atomic mass is 10.2. The van der Waals surface area contributed by atoms with Gasteiger partial charge in [-0.2, -0.15) is 0 Å². The fourth-order valence-electron chi connectivity index (χ4n) is 2.16. The van der Waals surface area contributed by atoms with E-state index >= 15 is 0 Å². The van der Waals surface area contributed by atoms with Crippen molar-refractivity contribution < 1.29 is 14.0 Å². The first-order valence-corrected chi connectivity index (χ1v) is 9.29. The van der Waals surface area contributed by atoms with E-state index in [1.165, 1.54) is 24.3 Å². The number of benzene rings is 1. The lowest BCUT2D eigenvalue weighted by molar-refractivity contribution is -0.119. The first-order chi connectivity index (χ1) is 13.0. The van der Waals surface area contributed by atoms with Crippen molar-refractivity contribution in [1.29, 1.82) is 0 Å². The number of rotatable bonds is 6. The van der Waals surface area contributed by atoms with E-state index in [0.717, 1.165) is 5.56 Å². The molecule has 138 valence electrons. The molecule has 3 aromatic rings. The van der Waals surface area contributed by atoms with Gasteiger partial charge in [0.15, 0.2) is 10.9 Å². The molecule has 8 heteroatoms. The predicted molar refractivity (Wildman–Crippen MR) is 106 cm³/mol. The van der Waals surface area contributed by atoms with Crippen LogP contribution in [-0.4, -0.2) is 16.8 Å². The zero-order valence-corrected chi connectivity index (χ0v) is 15.9. The molecule has 0 bridgehead atoms. The summed E-state index contributed by atoms with van der Waals surface area (Å²) in [6, 6.07) is 10.7. The van der Waals surface area contributed by atoms with Gasteiger partial charge in [-0.15, -0.1) is 11.3 Å². The molecule has 0 radical (unpaired) electrons. The number of amides is 2. The Morgan fingerprint density at radius 1 is 1.22 bits per heavy atom. The van der Waals surface area contributed by atoms with Crippen LogP contribution in [0.2, 0.25) is 5.02 Å². The average molecular weight is 402 g/mol. The molecule has 2 amide bonds. The highest BCUT2D eigenvalue weighted by Crippen LogP contribution is 2.26. The maximum atomic E-state index is 12.0. The minimum absolute atomic E-state index is 0.127. The molecule has 0 fully saturated rings. The van der Waals surface area contributed by atoms with Crippen LogP contribution in [0.25, 0.3) is 17.5 Å². The van der Waals surface area contributed by atoms with Crippen molar-refractivity contribution in [2.75, 3.05) is 5.32 Å². The van der Waals surface area contributed by atoms with Crippen LogP contribution in [-0.2, 0) is 16.1 Å². The lowest BCUT2D eigenvalue weighted by Crippen LogP contribution is -2.18. The summed E-state index contributed by atoms with van der Waals surface area (Å²) < 4.78 is 5.65. The SMILES string of the molecule is CC(=O)NCc1ccc(-c2csc(NC(=O)/C=C/c3ccc(Cl)cc3)n2)o1. The quantitative estimate of drug-likeness (QED) is 0.601. The van der Waals surface area contributed by atoms with Crippen LogP contribution in [0.4, 0.5) is 5.13 Å². The van der Waals surface area contributed by atoms with E-state index in [2.05, 4.69) is 15.6 Å². The van der Waals surface area contributed by atoms with Crippen molar-refractivity contribution in [3.63, 3.8) is 0 Å². The summed E-state index contributed by atoms with van der Waals surface area (Å²) in [6.07, 6.45) is 3.13. The second-order valence-corrected chi connectivity index (χ2v) is 6.88. The third-order valence-electron chi connectivity index (χ3n) is 3.46. The number of halogens is 1. The summed E-state index contributed by atoms with van der Waals surface area (Å²) in [5, 5.41) is 8.29. The highest BCUT2D eigenvalue weighted by Gasteiger charge is 2.10. The topological polar surface area (TPSA) is 84.2 Å². The van der Waals surface area contributed by atoms with Crippen molar-refractivity contribution in [3.05, 3.63) is 64.2 Å². The van der Waals surface area contributed by atoms with Crippen LogP contribution in [0.3, 0.4) is 0 Å². The number of hydrogen-bond acceptors (Lipinski definition) is 5. The molecule has 0 aliphatic heterocycles. The van der Waals surface area contributed by atoms with Gasteiger partial charge in [0.25, 0.3) is 0 Å². The highest BCUT2D eigenvalue weighted by molar-refractivity contribution is 7.14. The third-order valence-corrected chi connectivity index (χ3v) is 4.47. The zero-order valence-electron chi connectivity index (χ0n) is 14.4. The van der Waals surface area contributed by atoms with E-state index < -0.39 is 0 Å². The van der Waals surface area contributed by atoms with Crippen LogP contribution in [0.5, 0.6) is 0 Å². The van der Waals surface area contributed by atoms with Gasteiger partial charge in [-0.25, -0.2) is 4.98 Å². The average Bonchev–Trinajstić information content (AvgIpc) is 3.28. The van der Waals surface area contributed by atoms with Gasteiger partial charge in [0.1, 0.15) is 11.5 Å². The maximum Gasteiger partial charge on any atom is 0.250 e. The van der Waals surface area contributed by atoms with Crippen LogP contribution in [0.15, 0.2) is 52.3 Å². The second kappa shape index (κ2) is 8.66. The molecule has 0 spiro atoms. The predicted octanol–water partition coefficient (Wildman–Crippen LogP) is 4.34. The van der Waals surface area contributed by atoms with Crippen LogP contribution in [0, 0.1) is 0 Å². The molecule has 0 saturated heterocycles. The number of nitrogens with zero attached hydrogens (tertiary/aromatic N) is 1. The summed E-state index contributed by atoms with van der Waals surface area (Å²) >= 11 is 7.13. The molecule has 0 aliphatic carbocycles. The number of carbonyl (C=O) groups excluding carboxylic acids is 2. The number of nitrogens with one attached hydrogen (secondary N) is 2. The van der Waals surface area contributed by atoms with E-state index in [1.807, 2.05) is 12.1 Å². The Morgan fingerprint density at radius 3 is 2.74 bits per heavy atom. The molecule has 2 heterocycles. The molecule has 27 heavy (non-hydrogen) atoms. The van der Waals surface area contributed by atoms with Crippen molar-refractivity contribution in [1.82, 2.24) is 10.3 Å². The number of carbonyl (C=O) groups is 2. The lowest BCUT2D eigenvalue weighted by Gasteiger charge is -1.98. The van der Waals surface area contributed by atoms with Gasteiger partial charge < -0.3 is 9.73 Å². The number of hydrogen-bond donors (Lipinski definition) is 2. The van der Waals surface area contributed by atoms with E-state index in [9.17, 15) is 9.59 Å². The van der Waals surface area contributed by atoms with Gasteiger partial charge >= 0.3 is 0 Å². The molecule has 2 N–H and O–H groups in total. The molecular weight excluding hydrogens is 386 g/mol. The highest BCUT2D eigenvalue weighted by atomic mass is 35.5. The molecule has 0 atom stereocenters. The summed E-state index contributed by atoms with van der Waals surface area (Å²) in [5.41, 5.74) is 1.49. The minimum atomic E-state index is -0.281. The summed E-state index contributed by atoms with van der Waals surface area (Å²) in [7, 11) is 0. The standard InChI is InChI=1S/C19H16ClN3O3S/c1-12(24)21-10-15-7-8-17(26-15)16-11-27-19(22-16)23-18(25)9-4-13-2-5-14(20)6-3-13/h2-9,11H,10H2,1H3,(H,21,24)(H,22,23,25)/b9-4+. The van der Waals surface area contributed by atoms with E-state index in [0.29, 0.717) is 33.9 Å². The monoisotopic (exact) mass is 401 g/mol. The Kier molecular flexibility index (Phi) is 6.05. The van der Waals surface area contributed by atoms with Gasteiger partial charge in [0.2, 0.25) is 11.8 Å². The maximum absolute atomic E-state index is 12.0. The second-order valence-electron chi connectivity index (χ2n) is 5.59. The number of furan rings is 1. The van der Waals surface area contributed by atoms with Crippen molar-refractivity contribution in [2.45, 2.75) is 13.5 Å². The first kappa shape index (κ1) is 18.9. The number of thiazole rings is 1. The van der Waals surface area contributed by atoms with E-state index in [-0.39, 0.29) is 11.8 Å². The Labute approximate surface area is 164 Å². The van der Waals surface area contributed by atoms with Crippen LogP contribution >= 0.6 is 22.9 Å². The van der Waals surface area contributed by atoms with Gasteiger partial charge in [-0.3, -0.25) is 14.9 Å². The van der Waals surface area contributed by atoms with Gasteiger partial charge in [0, 0.05) is 23.4 Å². The summed E-state index contributed by atoms with van der Waals surface area (Å²) in [4.78, 5) is 27.3. The third kappa shape index (κ3) is 5.54. The Morgan fingerprint density at radius 2 is 2.00 bits per heavy atom. The van der Waals surface area contributed by atoms with E-state index in [4.69, 9.17) is 16.0 Å². The summed E-state index contributed by atoms with van der Waals surface area (Å²) in [6.45, 7) is 1.76. The van der Waals surface area contributed by atoms with Crippen LogP contribution in [0.1, 0.15) is 18.2 Å². The molecule has 3 rings (SSSR count). The van der Waals surface area contributed by atoms with Gasteiger partial charge in [-0.05, 0) is 35.9 Å². The molecule has 0 unspecified atom stereocenters. The molecule has 0 saturated carbocycles. The minimum Gasteiger partial charge on any atom is -0.458 e. The number of anilines is 1. The molecule has 2 aromatic heterocycles. The Balaban J connectivity index is 1.59. The first-order valence-electron chi connectivity index (χ1n) is 8.03. The van der Waals surface area contributed by atoms with Crippen LogP contribution < -0.4 is 10.6 Å². The largest absolute Gasteiger partial charge is 0.458 e. The Bertz CT molecular complexity index is 976. The molecule has 0 aliphatic rings. The number of aromatic nitrogens is 1. The molecular formula is C19H16ClN3O3S. The van der Waals surface area contributed by atoms with Crippen molar-refractivity contribution in [3.8, 4) is 11.5 Å². The normalized spacial score (nSPS) is 10.9. The summed E-state index contributed by atoms with van der Waals surface area (Å²) in [5.74, 6) is 0.795. The van der Waals surface area contributed by atoms with Crippen molar-refractivity contribution in [2.24, 2.45) is 0 Å². The fourth-order valence-corrected chi connectivity index (χ4v) is 2.99. The van der Waals surface area contributed by atoms with E-state index in [1.54, 1.807) is 35.7 Å². The fraction of sp³-hybridized carbons (Fsp3) is 0.105. The Hall–Kier alpha value is -2.90. The van der Waals surface area contributed by atoms with Crippen molar-refractivity contribution >= 4 is 46.0 Å². The molecule has 6 nitrogen and oxygen atoms in total. The molecule has 1 aromatic carbocycles.